The van der Waals surface area contributed by atoms with E-state index in [4.69, 9.17) is 18.9 Å². The number of fused-ring (bicyclic) bond motifs is 2. The van der Waals surface area contributed by atoms with Crippen LogP contribution in [0.25, 0.3) is 0 Å². The van der Waals surface area contributed by atoms with Crippen LogP contribution >= 0.6 is 0 Å². The molecule has 1 N–H and O–H groups in total. The van der Waals surface area contributed by atoms with Crippen molar-refractivity contribution < 1.29 is 32.2 Å². The van der Waals surface area contributed by atoms with E-state index in [0.29, 0.717) is 55.1 Å². The zero-order valence-electron chi connectivity index (χ0n) is 15.7. The monoisotopic (exact) mass is 420 g/mol. The summed E-state index contributed by atoms with van der Waals surface area (Å²) in [4.78, 5) is 12.4. The number of nitrogens with zero attached hydrogens (tertiary/aromatic N) is 1. The largest absolute Gasteiger partial charge is 0.486 e. The number of benzene rings is 2. The lowest BCUT2D eigenvalue weighted by atomic mass is 10.2. The maximum Gasteiger partial charge on any atom is 0.243 e. The molecule has 1 amide bonds. The summed E-state index contributed by atoms with van der Waals surface area (Å²) in [7, 11) is -2.54. The second-order valence-corrected chi connectivity index (χ2v) is 8.52. The summed E-state index contributed by atoms with van der Waals surface area (Å²) in [5.41, 5.74) is 0.490. The minimum Gasteiger partial charge on any atom is -0.486 e. The Morgan fingerprint density at radius 1 is 0.897 bits per heavy atom. The van der Waals surface area contributed by atoms with Crippen LogP contribution in [0.2, 0.25) is 0 Å². The molecular weight excluding hydrogens is 400 g/mol. The molecule has 0 saturated carbocycles. The van der Waals surface area contributed by atoms with Crippen molar-refractivity contribution in [3.63, 3.8) is 0 Å². The van der Waals surface area contributed by atoms with Gasteiger partial charge in [0.05, 0.1) is 11.4 Å². The van der Waals surface area contributed by atoms with Crippen LogP contribution in [0.5, 0.6) is 23.0 Å². The fourth-order valence-electron chi connectivity index (χ4n) is 2.97. The highest BCUT2D eigenvalue weighted by molar-refractivity contribution is 7.89. The molecule has 9 nitrogen and oxygen atoms in total. The standard InChI is InChI=1S/C19H20N2O7S/c1-21(29(23,24)14-3-5-16-18(11-14)28-9-7-26-16)12-19(22)20-13-2-4-15-17(10-13)27-8-6-25-15/h2-5,10-11H,6-9,12H2,1H3,(H,20,22). The number of likely N-dealkylation sites (N-methyl/N-ethyl adjacent to an activating group) is 1. The Labute approximate surface area is 168 Å². The lowest BCUT2D eigenvalue weighted by Gasteiger charge is -2.21. The van der Waals surface area contributed by atoms with Crippen LogP contribution in [0.3, 0.4) is 0 Å². The lowest BCUT2D eigenvalue weighted by Crippen LogP contribution is -2.35. The van der Waals surface area contributed by atoms with Crippen molar-refractivity contribution in [2.45, 2.75) is 4.90 Å². The van der Waals surface area contributed by atoms with Crippen molar-refractivity contribution in [2.24, 2.45) is 0 Å². The Bertz CT molecular complexity index is 1040. The summed E-state index contributed by atoms with van der Waals surface area (Å²) in [5.74, 6) is 1.52. The molecule has 0 spiro atoms. The summed E-state index contributed by atoms with van der Waals surface area (Å²) >= 11 is 0. The highest BCUT2D eigenvalue weighted by Crippen LogP contribution is 2.34. The van der Waals surface area contributed by atoms with E-state index < -0.39 is 15.9 Å². The van der Waals surface area contributed by atoms with Gasteiger partial charge in [-0.3, -0.25) is 4.79 Å². The van der Waals surface area contributed by atoms with E-state index in [1.54, 1.807) is 24.3 Å². The van der Waals surface area contributed by atoms with Crippen LogP contribution in [0.1, 0.15) is 0 Å². The summed E-state index contributed by atoms with van der Waals surface area (Å²) in [6, 6.07) is 9.38. The van der Waals surface area contributed by atoms with Gasteiger partial charge in [0.1, 0.15) is 26.4 Å². The number of sulfonamides is 1. The fourth-order valence-corrected chi connectivity index (χ4v) is 4.12. The molecule has 2 aliphatic heterocycles. The van der Waals surface area contributed by atoms with Gasteiger partial charge in [0.15, 0.2) is 23.0 Å². The zero-order valence-corrected chi connectivity index (χ0v) is 16.5. The Hall–Kier alpha value is -2.98. The predicted octanol–water partition coefficient (Wildman–Crippen LogP) is 1.49. The Morgan fingerprint density at radius 3 is 2.10 bits per heavy atom. The molecule has 29 heavy (non-hydrogen) atoms. The van der Waals surface area contributed by atoms with Crippen LogP contribution < -0.4 is 24.3 Å². The first-order valence-electron chi connectivity index (χ1n) is 8.99. The molecule has 0 fully saturated rings. The average molecular weight is 420 g/mol. The first kappa shape index (κ1) is 19.3. The van der Waals surface area contributed by atoms with Gasteiger partial charge in [-0.25, -0.2) is 8.42 Å². The summed E-state index contributed by atoms with van der Waals surface area (Å²) in [6.45, 7) is 1.32. The van der Waals surface area contributed by atoms with Gasteiger partial charge in [0.25, 0.3) is 0 Å². The normalized spacial score (nSPS) is 15.1. The van der Waals surface area contributed by atoms with Gasteiger partial charge in [-0.05, 0) is 24.3 Å². The zero-order chi connectivity index (χ0) is 20.4. The molecular formula is C19H20N2O7S. The molecule has 0 aromatic heterocycles. The Kier molecular flexibility index (Phi) is 5.20. The van der Waals surface area contributed by atoms with Crippen LogP contribution in [0.15, 0.2) is 41.3 Å². The smallest absolute Gasteiger partial charge is 0.243 e. The van der Waals surface area contributed by atoms with Crippen LogP contribution in [0, 0.1) is 0 Å². The molecule has 0 radical (unpaired) electrons. The van der Waals surface area contributed by atoms with Gasteiger partial charge in [-0.1, -0.05) is 0 Å². The molecule has 4 rings (SSSR count). The predicted molar refractivity (Wildman–Crippen MR) is 103 cm³/mol. The maximum atomic E-state index is 12.8. The van der Waals surface area contributed by atoms with Gasteiger partial charge in [-0.2, -0.15) is 4.31 Å². The molecule has 10 heteroatoms. The molecule has 0 unspecified atom stereocenters. The number of anilines is 1. The first-order valence-corrected chi connectivity index (χ1v) is 10.4. The molecule has 154 valence electrons. The van der Waals surface area contributed by atoms with Crippen LogP contribution in [-0.4, -0.2) is 58.7 Å². The van der Waals surface area contributed by atoms with Gasteiger partial charge < -0.3 is 24.3 Å². The van der Waals surface area contributed by atoms with Gasteiger partial charge in [0.2, 0.25) is 15.9 Å². The maximum absolute atomic E-state index is 12.8. The number of hydrogen-bond acceptors (Lipinski definition) is 7. The molecule has 0 aliphatic carbocycles. The highest BCUT2D eigenvalue weighted by Gasteiger charge is 2.25. The topological polar surface area (TPSA) is 103 Å². The number of ether oxygens (including phenoxy) is 4. The molecule has 2 heterocycles. The minimum atomic E-state index is -3.88. The Morgan fingerprint density at radius 2 is 1.45 bits per heavy atom. The highest BCUT2D eigenvalue weighted by atomic mass is 32.2. The van der Waals surface area contributed by atoms with E-state index in [0.717, 1.165) is 4.31 Å². The minimum absolute atomic E-state index is 0.0244. The third kappa shape index (κ3) is 4.08. The molecule has 0 atom stereocenters. The number of carbonyl (C=O) groups is 1. The second-order valence-electron chi connectivity index (χ2n) is 6.47. The van der Waals surface area contributed by atoms with Crippen molar-refractivity contribution in [3.05, 3.63) is 36.4 Å². The molecule has 0 bridgehead atoms. The third-order valence-electron chi connectivity index (χ3n) is 4.41. The summed E-state index contributed by atoms with van der Waals surface area (Å²) < 4.78 is 48.4. The molecule has 0 saturated heterocycles. The first-order chi connectivity index (χ1) is 13.9. The van der Waals surface area contributed by atoms with Crippen molar-refractivity contribution in [1.29, 1.82) is 0 Å². The third-order valence-corrected chi connectivity index (χ3v) is 6.21. The van der Waals surface area contributed by atoms with Crippen molar-refractivity contribution in [3.8, 4) is 23.0 Å². The van der Waals surface area contributed by atoms with Crippen molar-refractivity contribution >= 4 is 21.6 Å². The number of hydrogen-bond donors (Lipinski definition) is 1. The quantitative estimate of drug-likeness (QED) is 0.782. The van der Waals surface area contributed by atoms with E-state index in [9.17, 15) is 13.2 Å². The number of nitrogens with one attached hydrogen (secondary N) is 1. The van der Waals surface area contributed by atoms with Crippen LogP contribution in [-0.2, 0) is 14.8 Å². The fraction of sp³-hybridized carbons (Fsp3) is 0.316. The number of carbonyl (C=O) groups excluding carboxylic acids is 1. The van der Waals surface area contributed by atoms with Gasteiger partial charge >= 0.3 is 0 Å². The summed E-state index contributed by atoms with van der Waals surface area (Å²) in [6.07, 6.45) is 0. The van der Waals surface area contributed by atoms with E-state index in [1.807, 2.05) is 0 Å². The number of amides is 1. The van der Waals surface area contributed by atoms with E-state index in [-0.39, 0.29) is 11.4 Å². The van der Waals surface area contributed by atoms with Crippen LogP contribution in [0.4, 0.5) is 5.69 Å². The van der Waals surface area contributed by atoms with E-state index in [2.05, 4.69) is 5.32 Å². The van der Waals surface area contributed by atoms with Gasteiger partial charge in [0, 0.05) is 24.9 Å². The van der Waals surface area contributed by atoms with Crippen molar-refractivity contribution in [1.82, 2.24) is 4.31 Å². The molecule has 2 aromatic carbocycles. The average Bonchev–Trinajstić information content (AvgIpc) is 2.73. The molecule has 2 aromatic rings. The molecule has 2 aliphatic rings. The lowest BCUT2D eigenvalue weighted by molar-refractivity contribution is -0.116. The number of rotatable bonds is 5. The SMILES string of the molecule is CN(CC(=O)Nc1ccc2c(c1)OCCO2)S(=O)(=O)c1ccc2c(c1)OCCO2. The second kappa shape index (κ2) is 7.80. The Balaban J connectivity index is 1.44. The summed E-state index contributed by atoms with van der Waals surface area (Å²) in [5, 5.41) is 2.67. The van der Waals surface area contributed by atoms with Crippen molar-refractivity contribution in [2.75, 3.05) is 45.3 Å². The van der Waals surface area contributed by atoms with E-state index in [1.165, 1.54) is 19.2 Å². The van der Waals surface area contributed by atoms with Gasteiger partial charge in [-0.15, -0.1) is 0 Å². The van der Waals surface area contributed by atoms with E-state index >= 15 is 0 Å².